The van der Waals surface area contributed by atoms with Crippen LogP contribution in [0.2, 0.25) is 0 Å². The minimum Gasteiger partial charge on any atom is -0.480 e. The van der Waals surface area contributed by atoms with Gasteiger partial charge in [0.2, 0.25) is 0 Å². The quantitative estimate of drug-likeness (QED) is 0.260. The molecule has 0 spiro atoms. The van der Waals surface area contributed by atoms with Crippen molar-refractivity contribution < 1.29 is 9.90 Å². The van der Waals surface area contributed by atoms with Crippen LogP contribution < -0.4 is 16.8 Å². The first-order chi connectivity index (χ1) is 5.57. The Morgan fingerprint density at radius 3 is 2.58 bits per heavy atom. The smallest absolute Gasteiger partial charge is 0.326 e. The highest BCUT2D eigenvalue weighted by atomic mass is 16.4. The zero-order valence-corrected chi connectivity index (χ0v) is 6.71. The molecule has 0 aliphatic carbocycles. The zero-order valence-electron chi connectivity index (χ0n) is 6.71. The fourth-order valence-corrected chi connectivity index (χ4v) is 0.767. The number of rotatable bonds is 5. The molecule has 0 bridgehead atoms. The maximum absolute atomic E-state index is 10.5. The van der Waals surface area contributed by atoms with Crippen molar-refractivity contribution in [3.05, 3.63) is 0 Å². The van der Waals surface area contributed by atoms with E-state index < -0.39 is 12.0 Å². The highest BCUT2D eigenvalue weighted by Gasteiger charge is 2.15. The van der Waals surface area contributed by atoms with Gasteiger partial charge in [-0.3, -0.25) is 5.41 Å². The summed E-state index contributed by atoms with van der Waals surface area (Å²) in [4.78, 5) is 10.5. The summed E-state index contributed by atoms with van der Waals surface area (Å²) in [6, 6.07) is -0.800. The van der Waals surface area contributed by atoms with E-state index in [-0.39, 0.29) is 5.96 Å². The van der Waals surface area contributed by atoms with E-state index in [9.17, 15) is 4.79 Å². The average molecular weight is 174 g/mol. The van der Waals surface area contributed by atoms with Crippen LogP contribution >= 0.6 is 0 Å². The van der Waals surface area contributed by atoms with Crippen LogP contribution in [0, 0.1) is 5.41 Å². The summed E-state index contributed by atoms with van der Waals surface area (Å²) in [6.45, 7) is 0.434. The van der Waals surface area contributed by atoms with Crippen molar-refractivity contribution in [1.29, 1.82) is 5.41 Å². The van der Waals surface area contributed by atoms with Crippen LogP contribution in [0.4, 0.5) is 0 Å². The number of guanidine groups is 1. The largest absolute Gasteiger partial charge is 0.480 e. The zero-order chi connectivity index (χ0) is 9.56. The van der Waals surface area contributed by atoms with Crippen molar-refractivity contribution in [3.63, 3.8) is 0 Å². The number of nitrogens with one attached hydrogen (secondary N) is 2. The summed E-state index contributed by atoms with van der Waals surface area (Å²) in [7, 11) is 0. The Morgan fingerprint density at radius 1 is 1.67 bits per heavy atom. The number of hydrogen-bond donors (Lipinski definition) is 5. The molecule has 0 aromatic heterocycles. The van der Waals surface area contributed by atoms with Gasteiger partial charge in [-0.2, -0.15) is 0 Å². The van der Waals surface area contributed by atoms with Gasteiger partial charge < -0.3 is 21.9 Å². The molecular formula is C6H14N4O2. The molecule has 0 radical (unpaired) electrons. The van der Waals surface area contributed by atoms with Crippen molar-refractivity contribution in [2.75, 3.05) is 6.54 Å². The molecule has 6 nitrogen and oxygen atoms in total. The molecule has 7 N–H and O–H groups in total. The highest BCUT2D eigenvalue weighted by molar-refractivity contribution is 5.82. The fourth-order valence-electron chi connectivity index (χ4n) is 0.767. The van der Waals surface area contributed by atoms with Crippen LogP contribution in [0.3, 0.4) is 0 Å². The van der Waals surface area contributed by atoms with Crippen LogP contribution in [-0.4, -0.2) is 29.6 Å². The maximum atomic E-state index is 10.5. The molecule has 0 saturated carbocycles. The Bertz CT molecular complexity index is 171. The normalized spacial score (nSPS) is 12.1. The van der Waals surface area contributed by atoms with Crippen LogP contribution in [0.1, 0.15) is 12.8 Å². The Balaban J connectivity index is 3.87. The first kappa shape index (κ1) is 10.7. The summed E-state index contributed by atoms with van der Waals surface area (Å²) in [6.07, 6.45) is 0.975. The van der Waals surface area contributed by atoms with E-state index >= 15 is 0 Å². The number of carboxylic acids is 1. The number of carbonyl (C=O) groups is 1. The predicted octanol–water partition coefficient (Wildman–Crippen LogP) is -1.34. The summed E-state index contributed by atoms with van der Waals surface area (Å²) in [5.41, 5.74) is 10.2. The van der Waals surface area contributed by atoms with Gasteiger partial charge >= 0.3 is 5.97 Å². The van der Waals surface area contributed by atoms with Gasteiger partial charge in [0, 0.05) is 0 Å². The van der Waals surface area contributed by atoms with Crippen LogP contribution in [-0.2, 0) is 4.79 Å². The van der Waals surface area contributed by atoms with E-state index in [0.29, 0.717) is 19.4 Å². The third-order valence-electron chi connectivity index (χ3n) is 1.32. The van der Waals surface area contributed by atoms with Crippen LogP contribution in [0.25, 0.3) is 0 Å². The first-order valence-electron chi connectivity index (χ1n) is 3.61. The molecule has 70 valence electrons. The minimum atomic E-state index is -1.02. The lowest BCUT2D eigenvalue weighted by Gasteiger charge is -2.12. The molecule has 6 heteroatoms. The lowest BCUT2D eigenvalue weighted by atomic mass is 10.1. The van der Waals surface area contributed by atoms with Crippen molar-refractivity contribution in [3.8, 4) is 0 Å². The molecule has 0 fully saturated rings. The van der Waals surface area contributed by atoms with Gasteiger partial charge in [-0.05, 0) is 19.4 Å². The van der Waals surface area contributed by atoms with Gasteiger partial charge in [0.15, 0.2) is 5.96 Å². The Kier molecular flexibility index (Phi) is 4.78. The van der Waals surface area contributed by atoms with Gasteiger partial charge in [-0.25, -0.2) is 4.79 Å². The van der Waals surface area contributed by atoms with Gasteiger partial charge in [0.25, 0.3) is 0 Å². The molecule has 0 aliphatic rings. The molecule has 12 heavy (non-hydrogen) atoms. The number of nitrogens with two attached hydrogens (primary N) is 2. The topological polar surface area (TPSA) is 125 Å². The molecule has 0 aromatic rings. The first-order valence-corrected chi connectivity index (χ1v) is 3.61. The number of hydrogen-bond acceptors (Lipinski definition) is 3. The Labute approximate surface area is 70.4 Å². The molecule has 1 atom stereocenters. The van der Waals surface area contributed by atoms with E-state index in [1.165, 1.54) is 0 Å². The van der Waals surface area contributed by atoms with E-state index in [4.69, 9.17) is 22.0 Å². The minimum absolute atomic E-state index is 0.334. The standard InChI is InChI=1S/C6H14N4O2/c7-3-1-2-4(5(11)12)10-6(8)9/h4H,1-3,7H2,(H,11,12)(H4,8,9,10). The van der Waals surface area contributed by atoms with Gasteiger partial charge in [0.05, 0.1) is 0 Å². The molecule has 0 aromatic carbocycles. The van der Waals surface area contributed by atoms with Crippen molar-refractivity contribution in [1.82, 2.24) is 5.32 Å². The van der Waals surface area contributed by atoms with Crippen molar-refractivity contribution in [2.45, 2.75) is 18.9 Å². The molecule has 0 saturated heterocycles. The lowest BCUT2D eigenvalue weighted by molar-refractivity contribution is -0.139. The predicted molar refractivity (Wildman–Crippen MR) is 44.8 cm³/mol. The molecule has 0 heterocycles. The van der Waals surface area contributed by atoms with E-state index in [1.807, 2.05) is 0 Å². The average Bonchev–Trinajstić information content (AvgIpc) is 1.96. The Hall–Kier alpha value is -1.30. The third-order valence-corrected chi connectivity index (χ3v) is 1.32. The van der Waals surface area contributed by atoms with E-state index in [0.717, 1.165) is 0 Å². The second-order valence-corrected chi connectivity index (χ2v) is 2.38. The second-order valence-electron chi connectivity index (χ2n) is 2.38. The summed E-state index contributed by atoms with van der Waals surface area (Å²) >= 11 is 0. The third kappa shape index (κ3) is 4.51. The van der Waals surface area contributed by atoms with Crippen LogP contribution in [0.5, 0.6) is 0 Å². The van der Waals surface area contributed by atoms with Crippen LogP contribution in [0.15, 0.2) is 0 Å². The van der Waals surface area contributed by atoms with E-state index in [1.54, 1.807) is 0 Å². The SMILES string of the molecule is N=C(N)NC(CCCN)C(=O)O. The molecule has 1 unspecified atom stereocenters. The van der Waals surface area contributed by atoms with Gasteiger partial charge in [-0.1, -0.05) is 0 Å². The van der Waals surface area contributed by atoms with Crippen molar-refractivity contribution >= 4 is 11.9 Å². The monoisotopic (exact) mass is 174 g/mol. The lowest BCUT2D eigenvalue weighted by Crippen LogP contribution is -2.44. The molecule has 0 amide bonds. The van der Waals surface area contributed by atoms with E-state index in [2.05, 4.69) is 5.32 Å². The number of aliphatic carboxylic acids is 1. The second kappa shape index (κ2) is 5.36. The number of carboxylic acid groups (broad SMARTS) is 1. The van der Waals surface area contributed by atoms with Crippen molar-refractivity contribution in [2.24, 2.45) is 11.5 Å². The Morgan fingerprint density at radius 2 is 2.25 bits per heavy atom. The summed E-state index contributed by atoms with van der Waals surface area (Å²) in [5, 5.41) is 17.7. The van der Waals surface area contributed by atoms with Gasteiger partial charge in [0.1, 0.15) is 6.04 Å². The van der Waals surface area contributed by atoms with Gasteiger partial charge in [-0.15, -0.1) is 0 Å². The summed E-state index contributed by atoms with van der Waals surface area (Å²) in [5.74, 6) is -1.35. The molecule has 0 aliphatic heterocycles. The molecular weight excluding hydrogens is 160 g/mol. The summed E-state index contributed by atoms with van der Waals surface area (Å²) < 4.78 is 0. The maximum Gasteiger partial charge on any atom is 0.326 e. The highest BCUT2D eigenvalue weighted by Crippen LogP contribution is 1.95. The fraction of sp³-hybridized carbons (Fsp3) is 0.667. The molecule has 0 rings (SSSR count).